The standard InChI is InChI=1S/C10H15N3O3.ClH/c1-6-2-3-8(13(15)16)9(10(6)14)7(12)4-5-11;/h2-3,7,14H,4-5,11-12H2,1H3;1H/t7-;/m0./s1. The van der Waals surface area contributed by atoms with Crippen LogP contribution >= 0.6 is 12.4 Å². The Kier molecular flexibility index (Phi) is 5.87. The molecule has 0 radical (unpaired) electrons. The van der Waals surface area contributed by atoms with Gasteiger partial charge in [-0.1, -0.05) is 0 Å². The van der Waals surface area contributed by atoms with Gasteiger partial charge in [0.15, 0.2) is 0 Å². The summed E-state index contributed by atoms with van der Waals surface area (Å²) in [6.07, 6.45) is 0.387. The van der Waals surface area contributed by atoms with Crippen molar-refractivity contribution in [3.8, 4) is 5.75 Å². The number of aryl methyl sites for hydroxylation is 1. The molecule has 1 aromatic rings. The Morgan fingerprint density at radius 1 is 1.53 bits per heavy atom. The summed E-state index contributed by atoms with van der Waals surface area (Å²) >= 11 is 0. The van der Waals surface area contributed by atoms with Crippen LogP contribution in [-0.4, -0.2) is 16.6 Å². The van der Waals surface area contributed by atoms with E-state index in [0.29, 0.717) is 18.5 Å². The predicted molar refractivity (Wildman–Crippen MR) is 67.3 cm³/mol. The van der Waals surface area contributed by atoms with Gasteiger partial charge in [0.2, 0.25) is 0 Å². The van der Waals surface area contributed by atoms with E-state index in [1.165, 1.54) is 12.1 Å². The third-order valence-corrected chi connectivity index (χ3v) is 2.44. The maximum Gasteiger partial charge on any atom is 0.277 e. The summed E-state index contributed by atoms with van der Waals surface area (Å²) in [6.45, 7) is 1.98. The lowest BCUT2D eigenvalue weighted by atomic mass is 9.99. The molecule has 0 heterocycles. The number of nitrogens with zero attached hydrogens (tertiary/aromatic N) is 1. The number of nitrogens with two attached hydrogens (primary N) is 2. The van der Waals surface area contributed by atoms with Crippen LogP contribution in [0.3, 0.4) is 0 Å². The zero-order valence-electron chi connectivity index (χ0n) is 9.42. The van der Waals surface area contributed by atoms with Crippen molar-refractivity contribution < 1.29 is 10.0 Å². The summed E-state index contributed by atoms with van der Waals surface area (Å²) in [5.41, 5.74) is 11.7. The first-order valence-electron chi connectivity index (χ1n) is 4.91. The minimum absolute atomic E-state index is 0. The zero-order valence-corrected chi connectivity index (χ0v) is 10.2. The van der Waals surface area contributed by atoms with E-state index < -0.39 is 11.0 Å². The van der Waals surface area contributed by atoms with Crippen LogP contribution < -0.4 is 11.5 Å². The normalized spacial score (nSPS) is 11.7. The second-order valence-corrected chi connectivity index (χ2v) is 3.60. The number of phenols is 1. The van der Waals surface area contributed by atoms with Gasteiger partial charge in [-0.3, -0.25) is 10.1 Å². The maximum absolute atomic E-state index is 10.8. The van der Waals surface area contributed by atoms with Crippen molar-refractivity contribution in [2.75, 3.05) is 6.54 Å². The minimum Gasteiger partial charge on any atom is -0.507 e. The molecular formula is C10H16ClN3O3. The number of nitro groups is 1. The predicted octanol–water partition coefficient (Wildman–Crippen LogP) is 1.38. The molecule has 7 heteroatoms. The SMILES string of the molecule is Cc1ccc([N+](=O)[O-])c([C@@H](N)CCN)c1O.Cl. The van der Waals surface area contributed by atoms with Crippen molar-refractivity contribution in [1.82, 2.24) is 0 Å². The topological polar surface area (TPSA) is 115 Å². The number of rotatable bonds is 4. The first-order valence-corrected chi connectivity index (χ1v) is 4.91. The highest BCUT2D eigenvalue weighted by atomic mass is 35.5. The molecule has 0 aliphatic rings. The van der Waals surface area contributed by atoms with E-state index in [2.05, 4.69) is 0 Å². The van der Waals surface area contributed by atoms with Gasteiger partial charge >= 0.3 is 0 Å². The van der Waals surface area contributed by atoms with Crippen molar-refractivity contribution in [2.45, 2.75) is 19.4 Å². The Hall–Kier alpha value is -1.37. The van der Waals surface area contributed by atoms with Crippen LogP contribution in [0, 0.1) is 17.0 Å². The van der Waals surface area contributed by atoms with E-state index in [1.807, 2.05) is 0 Å². The van der Waals surface area contributed by atoms with Crippen LogP contribution in [0.25, 0.3) is 0 Å². The molecule has 0 unspecified atom stereocenters. The number of benzene rings is 1. The quantitative estimate of drug-likeness (QED) is 0.559. The van der Waals surface area contributed by atoms with Gasteiger partial charge in [0.05, 0.1) is 10.5 Å². The average Bonchev–Trinajstić information content (AvgIpc) is 2.21. The monoisotopic (exact) mass is 261 g/mol. The maximum atomic E-state index is 10.8. The summed E-state index contributed by atoms with van der Waals surface area (Å²) < 4.78 is 0. The Labute approximate surface area is 105 Å². The zero-order chi connectivity index (χ0) is 12.3. The van der Waals surface area contributed by atoms with E-state index in [0.717, 1.165) is 0 Å². The number of phenolic OH excluding ortho intramolecular Hbond substituents is 1. The third-order valence-electron chi connectivity index (χ3n) is 2.44. The van der Waals surface area contributed by atoms with Crippen molar-refractivity contribution >= 4 is 18.1 Å². The van der Waals surface area contributed by atoms with Gasteiger partial charge in [0.1, 0.15) is 5.75 Å². The summed E-state index contributed by atoms with van der Waals surface area (Å²) in [5, 5.41) is 20.6. The van der Waals surface area contributed by atoms with Gasteiger partial charge < -0.3 is 16.6 Å². The molecule has 1 aromatic carbocycles. The Morgan fingerprint density at radius 3 is 2.59 bits per heavy atom. The molecule has 0 fully saturated rings. The summed E-state index contributed by atoms with van der Waals surface area (Å²) in [5.74, 6) is -0.116. The van der Waals surface area contributed by atoms with E-state index in [4.69, 9.17) is 11.5 Å². The number of halogens is 1. The number of nitro benzene ring substituents is 1. The molecule has 6 nitrogen and oxygen atoms in total. The highest BCUT2D eigenvalue weighted by Crippen LogP contribution is 2.35. The lowest BCUT2D eigenvalue weighted by Gasteiger charge is -2.14. The molecule has 5 N–H and O–H groups in total. The van der Waals surface area contributed by atoms with Gasteiger partial charge in [-0.15, -0.1) is 12.4 Å². The van der Waals surface area contributed by atoms with Crippen LogP contribution in [0.15, 0.2) is 12.1 Å². The fourth-order valence-corrected chi connectivity index (χ4v) is 1.56. The van der Waals surface area contributed by atoms with Crippen LogP contribution in [-0.2, 0) is 0 Å². The summed E-state index contributed by atoms with van der Waals surface area (Å²) in [7, 11) is 0. The van der Waals surface area contributed by atoms with Crippen molar-refractivity contribution in [2.24, 2.45) is 11.5 Å². The van der Waals surface area contributed by atoms with E-state index >= 15 is 0 Å². The van der Waals surface area contributed by atoms with Crippen LogP contribution in [0.5, 0.6) is 5.75 Å². The molecule has 17 heavy (non-hydrogen) atoms. The Bertz CT molecular complexity index is 412. The van der Waals surface area contributed by atoms with Crippen LogP contribution in [0.2, 0.25) is 0 Å². The lowest BCUT2D eigenvalue weighted by Crippen LogP contribution is -2.17. The van der Waals surface area contributed by atoms with E-state index in [9.17, 15) is 15.2 Å². The number of hydrogen-bond acceptors (Lipinski definition) is 5. The molecule has 0 saturated heterocycles. The first-order chi connectivity index (χ1) is 7.49. The average molecular weight is 262 g/mol. The molecule has 1 atom stereocenters. The molecule has 0 aliphatic heterocycles. The smallest absolute Gasteiger partial charge is 0.277 e. The number of aromatic hydroxyl groups is 1. The molecule has 0 bridgehead atoms. The molecule has 0 aromatic heterocycles. The van der Waals surface area contributed by atoms with Crippen molar-refractivity contribution in [3.05, 3.63) is 33.4 Å². The lowest BCUT2D eigenvalue weighted by molar-refractivity contribution is -0.385. The summed E-state index contributed by atoms with van der Waals surface area (Å²) in [4.78, 5) is 10.3. The third kappa shape index (κ3) is 3.29. The second-order valence-electron chi connectivity index (χ2n) is 3.60. The molecule has 96 valence electrons. The first kappa shape index (κ1) is 15.6. The molecule has 0 amide bonds. The van der Waals surface area contributed by atoms with E-state index in [1.54, 1.807) is 6.92 Å². The summed E-state index contributed by atoms with van der Waals surface area (Å²) in [6, 6.07) is 2.22. The molecular weight excluding hydrogens is 246 g/mol. The van der Waals surface area contributed by atoms with Crippen LogP contribution in [0.1, 0.15) is 23.6 Å². The largest absolute Gasteiger partial charge is 0.507 e. The van der Waals surface area contributed by atoms with Crippen molar-refractivity contribution in [3.63, 3.8) is 0 Å². The van der Waals surface area contributed by atoms with Gasteiger partial charge in [-0.25, -0.2) is 0 Å². The molecule has 1 rings (SSSR count). The van der Waals surface area contributed by atoms with E-state index in [-0.39, 0.29) is 29.4 Å². The highest BCUT2D eigenvalue weighted by molar-refractivity contribution is 5.85. The Morgan fingerprint density at radius 2 is 2.12 bits per heavy atom. The molecule has 0 spiro atoms. The number of hydrogen-bond donors (Lipinski definition) is 3. The van der Waals surface area contributed by atoms with Crippen molar-refractivity contribution in [1.29, 1.82) is 0 Å². The van der Waals surface area contributed by atoms with Gasteiger partial charge in [0, 0.05) is 12.1 Å². The Balaban J connectivity index is 0.00000256. The van der Waals surface area contributed by atoms with Crippen LogP contribution in [0.4, 0.5) is 5.69 Å². The molecule has 0 aliphatic carbocycles. The van der Waals surface area contributed by atoms with Gasteiger partial charge in [0.25, 0.3) is 5.69 Å². The second kappa shape index (κ2) is 6.39. The highest BCUT2D eigenvalue weighted by Gasteiger charge is 2.23. The molecule has 0 saturated carbocycles. The fraction of sp³-hybridized carbons (Fsp3) is 0.400. The van der Waals surface area contributed by atoms with Gasteiger partial charge in [-0.05, 0) is 31.5 Å². The fourth-order valence-electron chi connectivity index (χ4n) is 1.56. The van der Waals surface area contributed by atoms with Gasteiger partial charge in [-0.2, -0.15) is 0 Å². The minimum atomic E-state index is -0.620.